The number of ether oxygens (including phenoxy) is 2. The molecule has 0 bridgehead atoms. The molecule has 4 heteroatoms. The Labute approximate surface area is 132 Å². The molecule has 0 spiro atoms. The van der Waals surface area contributed by atoms with Crippen molar-refractivity contribution in [1.29, 1.82) is 5.26 Å². The summed E-state index contributed by atoms with van der Waals surface area (Å²) in [5.74, 6) is 0.250. The molecule has 0 amide bonds. The van der Waals surface area contributed by atoms with Crippen molar-refractivity contribution >= 4 is 11.3 Å². The second kappa shape index (κ2) is 8.53. The standard InChI is InChI=1S/C17H27NO2S/c1-6-19-16(20-7-2)8-10-17(12-18,13(3)4)15-9-11-21-14(15)5/h9,11,13,16H,6-8,10H2,1-5H3. The molecule has 118 valence electrons. The summed E-state index contributed by atoms with van der Waals surface area (Å²) in [5, 5.41) is 12.0. The molecule has 1 heterocycles. The molecule has 0 aromatic carbocycles. The van der Waals surface area contributed by atoms with Crippen LogP contribution in [-0.2, 0) is 14.9 Å². The Morgan fingerprint density at radius 3 is 2.29 bits per heavy atom. The fraction of sp³-hybridized carbons (Fsp3) is 0.706. The minimum Gasteiger partial charge on any atom is -0.353 e. The van der Waals surface area contributed by atoms with Crippen LogP contribution >= 0.6 is 11.3 Å². The Morgan fingerprint density at radius 1 is 1.29 bits per heavy atom. The molecule has 3 nitrogen and oxygen atoms in total. The maximum Gasteiger partial charge on any atom is 0.157 e. The molecule has 21 heavy (non-hydrogen) atoms. The Hall–Kier alpha value is -0.890. The van der Waals surface area contributed by atoms with E-state index >= 15 is 0 Å². The van der Waals surface area contributed by atoms with Gasteiger partial charge >= 0.3 is 0 Å². The maximum absolute atomic E-state index is 9.89. The normalized spacial score (nSPS) is 14.4. The Kier molecular flexibility index (Phi) is 7.37. The topological polar surface area (TPSA) is 42.2 Å². The van der Waals surface area contributed by atoms with Crippen LogP contribution in [0.15, 0.2) is 11.4 Å². The van der Waals surface area contributed by atoms with Crippen LogP contribution in [0.25, 0.3) is 0 Å². The molecule has 1 aromatic rings. The minimum absolute atomic E-state index is 0.217. The van der Waals surface area contributed by atoms with Gasteiger partial charge in [-0.05, 0) is 50.1 Å². The maximum atomic E-state index is 9.89. The zero-order valence-electron chi connectivity index (χ0n) is 13.8. The van der Waals surface area contributed by atoms with Crippen molar-refractivity contribution in [3.05, 3.63) is 21.9 Å². The van der Waals surface area contributed by atoms with Gasteiger partial charge in [0.1, 0.15) is 0 Å². The number of aryl methyl sites for hydroxylation is 1. The highest BCUT2D eigenvalue weighted by molar-refractivity contribution is 7.10. The third kappa shape index (κ3) is 4.29. The predicted molar refractivity (Wildman–Crippen MR) is 87.5 cm³/mol. The van der Waals surface area contributed by atoms with Gasteiger partial charge in [0.25, 0.3) is 0 Å². The van der Waals surface area contributed by atoms with Crippen LogP contribution in [0.3, 0.4) is 0 Å². The smallest absolute Gasteiger partial charge is 0.157 e. The van der Waals surface area contributed by atoms with E-state index in [9.17, 15) is 5.26 Å². The van der Waals surface area contributed by atoms with Gasteiger partial charge in [0.15, 0.2) is 6.29 Å². The van der Waals surface area contributed by atoms with E-state index in [4.69, 9.17) is 9.47 Å². The highest BCUT2D eigenvalue weighted by atomic mass is 32.1. The van der Waals surface area contributed by atoms with Crippen molar-refractivity contribution in [3.8, 4) is 6.07 Å². The zero-order chi connectivity index (χ0) is 15.9. The van der Waals surface area contributed by atoms with E-state index < -0.39 is 5.41 Å². The van der Waals surface area contributed by atoms with Gasteiger partial charge in [-0.15, -0.1) is 11.3 Å². The highest BCUT2D eigenvalue weighted by Gasteiger charge is 2.38. The number of thiophene rings is 1. The molecule has 0 aliphatic heterocycles. The van der Waals surface area contributed by atoms with Crippen LogP contribution < -0.4 is 0 Å². The van der Waals surface area contributed by atoms with Crippen LogP contribution in [0.4, 0.5) is 0 Å². The Morgan fingerprint density at radius 2 is 1.90 bits per heavy atom. The molecular weight excluding hydrogens is 282 g/mol. The first-order chi connectivity index (χ1) is 10.0. The summed E-state index contributed by atoms with van der Waals surface area (Å²) in [4.78, 5) is 1.23. The number of rotatable bonds is 9. The summed E-state index contributed by atoms with van der Waals surface area (Å²) in [5.41, 5.74) is 0.702. The minimum atomic E-state index is -0.462. The number of nitrogens with zero attached hydrogens (tertiary/aromatic N) is 1. The van der Waals surface area contributed by atoms with Crippen molar-refractivity contribution in [1.82, 2.24) is 0 Å². The van der Waals surface area contributed by atoms with Crippen LogP contribution in [-0.4, -0.2) is 19.5 Å². The van der Waals surface area contributed by atoms with Gasteiger partial charge in [0.2, 0.25) is 0 Å². The van der Waals surface area contributed by atoms with Crippen LogP contribution in [0.5, 0.6) is 0 Å². The van der Waals surface area contributed by atoms with Crippen molar-refractivity contribution in [2.45, 2.75) is 59.2 Å². The lowest BCUT2D eigenvalue weighted by molar-refractivity contribution is -0.141. The summed E-state index contributed by atoms with van der Waals surface area (Å²) < 4.78 is 11.2. The van der Waals surface area contributed by atoms with Crippen molar-refractivity contribution in [3.63, 3.8) is 0 Å². The summed E-state index contributed by atoms with van der Waals surface area (Å²) >= 11 is 1.71. The van der Waals surface area contributed by atoms with E-state index in [0.717, 1.165) is 18.4 Å². The fourth-order valence-electron chi connectivity index (χ4n) is 2.76. The third-order valence-electron chi connectivity index (χ3n) is 4.00. The van der Waals surface area contributed by atoms with Crippen molar-refractivity contribution < 1.29 is 9.47 Å². The molecule has 0 radical (unpaired) electrons. The second-order valence-corrected chi connectivity index (χ2v) is 6.63. The third-order valence-corrected chi connectivity index (χ3v) is 4.85. The number of hydrogen-bond donors (Lipinski definition) is 0. The van der Waals surface area contributed by atoms with E-state index in [2.05, 4.69) is 38.3 Å². The summed E-state index contributed by atoms with van der Waals surface area (Å²) in [6.45, 7) is 11.5. The van der Waals surface area contributed by atoms with Crippen LogP contribution in [0.2, 0.25) is 0 Å². The Bertz CT molecular complexity index is 458. The van der Waals surface area contributed by atoms with Gasteiger partial charge in [0.05, 0.1) is 11.5 Å². The molecule has 1 unspecified atom stereocenters. The van der Waals surface area contributed by atoms with Gasteiger partial charge in [-0.25, -0.2) is 0 Å². The van der Waals surface area contributed by atoms with E-state index in [1.807, 2.05) is 13.8 Å². The quantitative estimate of drug-likeness (QED) is 0.623. The molecule has 0 aliphatic rings. The van der Waals surface area contributed by atoms with Gasteiger partial charge in [0, 0.05) is 24.5 Å². The van der Waals surface area contributed by atoms with Crippen molar-refractivity contribution in [2.24, 2.45) is 5.92 Å². The largest absolute Gasteiger partial charge is 0.353 e. The van der Waals surface area contributed by atoms with Gasteiger partial charge in [-0.1, -0.05) is 13.8 Å². The molecule has 0 N–H and O–H groups in total. The van der Waals surface area contributed by atoms with E-state index in [1.54, 1.807) is 11.3 Å². The van der Waals surface area contributed by atoms with Gasteiger partial charge < -0.3 is 9.47 Å². The lowest BCUT2D eigenvalue weighted by atomic mass is 9.70. The monoisotopic (exact) mass is 309 g/mol. The lowest BCUT2D eigenvalue weighted by Crippen LogP contribution is -2.33. The fourth-order valence-corrected chi connectivity index (χ4v) is 3.54. The SMILES string of the molecule is CCOC(CCC(C#N)(c1ccsc1C)C(C)C)OCC. The lowest BCUT2D eigenvalue weighted by Gasteiger charge is -2.32. The number of hydrogen-bond acceptors (Lipinski definition) is 4. The molecule has 0 aliphatic carbocycles. The first kappa shape index (κ1) is 18.2. The van der Waals surface area contributed by atoms with Gasteiger partial charge in [-0.3, -0.25) is 0 Å². The molecule has 0 saturated heterocycles. The predicted octanol–water partition coefficient (Wildman–Crippen LogP) is 4.65. The molecular formula is C17H27NO2S. The van der Waals surface area contributed by atoms with E-state index in [-0.39, 0.29) is 12.2 Å². The van der Waals surface area contributed by atoms with Crippen LogP contribution in [0, 0.1) is 24.2 Å². The summed E-state index contributed by atoms with van der Waals surface area (Å²) in [6, 6.07) is 4.69. The second-order valence-electron chi connectivity index (χ2n) is 5.51. The first-order valence-corrected chi connectivity index (χ1v) is 8.58. The van der Waals surface area contributed by atoms with E-state index in [0.29, 0.717) is 13.2 Å². The van der Waals surface area contributed by atoms with Crippen LogP contribution in [0.1, 0.15) is 51.0 Å². The first-order valence-electron chi connectivity index (χ1n) is 7.70. The number of nitriles is 1. The zero-order valence-corrected chi connectivity index (χ0v) is 14.6. The average Bonchev–Trinajstić information content (AvgIpc) is 2.87. The van der Waals surface area contributed by atoms with E-state index in [1.165, 1.54) is 4.88 Å². The summed E-state index contributed by atoms with van der Waals surface area (Å²) in [7, 11) is 0. The molecule has 0 fully saturated rings. The average molecular weight is 309 g/mol. The Balaban J connectivity index is 2.95. The van der Waals surface area contributed by atoms with Crippen molar-refractivity contribution in [2.75, 3.05) is 13.2 Å². The molecule has 1 aromatic heterocycles. The molecule has 0 saturated carbocycles. The summed E-state index contributed by atoms with van der Waals surface area (Å²) in [6.07, 6.45) is 1.27. The molecule has 1 atom stereocenters. The highest BCUT2D eigenvalue weighted by Crippen LogP contribution is 2.40. The van der Waals surface area contributed by atoms with Gasteiger partial charge in [-0.2, -0.15) is 5.26 Å². The molecule has 1 rings (SSSR count).